The normalized spacial score (nSPS) is 23.7. The topological polar surface area (TPSA) is 125 Å². The smallest absolute Gasteiger partial charge is 0.330 e. The van der Waals surface area contributed by atoms with Gasteiger partial charge >= 0.3 is 5.69 Å². The highest BCUT2D eigenvalue weighted by molar-refractivity contribution is 7.13. The molecule has 0 aliphatic carbocycles. The molecule has 1 saturated heterocycles. The first-order valence-corrected chi connectivity index (χ1v) is 15.6. The molecule has 0 amide bonds. The van der Waals surface area contributed by atoms with Crippen LogP contribution in [0.2, 0.25) is 5.04 Å². The second kappa shape index (κ2) is 10.1. The Morgan fingerprint density at radius 1 is 0.974 bits per heavy atom. The summed E-state index contributed by atoms with van der Waals surface area (Å²) in [5.41, 5.74) is -1.11. The van der Waals surface area contributed by atoms with Crippen LogP contribution in [0.4, 0.5) is 0 Å². The van der Waals surface area contributed by atoms with Gasteiger partial charge in [-0.05, 0) is 26.9 Å². The Morgan fingerprint density at radius 3 is 2.03 bits per heavy atom. The second-order valence-electron chi connectivity index (χ2n) is 10.9. The largest absolute Gasteiger partial charge is 0.394 e. The van der Waals surface area contributed by atoms with E-state index in [9.17, 15) is 24.9 Å². The highest BCUT2D eigenvalue weighted by Crippen LogP contribution is 2.51. The molecule has 4 N–H and O–H groups in total. The molecule has 1 aliphatic rings. The number of nitrogens with one attached hydrogen (secondary N) is 1. The van der Waals surface area contributed by atoms with Gasteiger partial charge in [-0.25, -0.2) is 4.79 Å². The molecule has 0 spiro atoms. The van der Waals surface area contributed by atoms with Crippen molar-refractivity contribution in [1.82, 2.24) is 9.55 Å². The van der Waals surface area contributed by atoms with Crippen molar-refractivity contribution in [3.63, 3.8) is 0 Å². The minimum absolute atomic E-state index is 0.236. The van der Waals surface area contributed by atoms with Crippen LogP contribution in [-0.2, 0) is 10.1 Å². The van der Waals surface area contributed by atoms with E-state index in [1.54, 1.807) is 12.1 Å². The first kappa shape index (κ1) is 27.4. The Hall–Kier alpha value is -3.12. The summed E-state index contributed by atoms with van der Waals surface area (Å²) in [6.07, 6.45) is -2.87. The monoisotopic (exact) mass is 564 g/mol. The van der Waals surface area contributed by atoms with Gasteiger partial charge in [0.05, 0.1) is 12.2 Å². The van der Waals surface area contributed by atoms with Crippen LogP contribution in [0.25, 0.3) is 10.4 Å². The summed E-state index contributed by atoms with van der Waals surface area (Å²) in [5, 5.41) is 34.6. The molecule has 2 aromatic carbocycles. The maximum atomic E-state index is 13.8. The van der Waals surface area contributed by atoms with Crippen LogP contribution in [0.15, 0.2) is 94.0 Å². The Balaban J connectivity index is 2.01. The van der Waals surface area contributed by atoms with Crippen LogP contribution < -0.4 is 21.6 Å². The first-order valence-electron chi connectivity index (χ1n) is 12.8. The van der Waals surface area contributed by atoms with Gasteiger partial charge in [0, 0.05) is 11.1 Å². The van der Waals surface area contributed by atoms with Gasteiger partial charge in [0.1, 0.15) is 18.3 Å². The van der Waals surface area contributed by atoms with Crippen molar-refractivity contribution in [2.45, 2.75) is 49.5 Å². The van der Waals surface area contributed by atoms with E-state index < -0.39 is 54.6 Å². The molecule has 4 atom stereocenters. The SMILES string of the molecule is CC(C)(C)[Si](c1ccccc1)(c1ccccc1)[C@@]1(n2cc(-c3cccs3)c(=O)[nH]c2=O)O[C@H](CO)[C@@H](O)[C@H]1O. The lowest BCUT2D eigenvalue weighted by molar-refractivity contribution is -0.0977. The van der Waals surface area contributed by atoms with E-state index in [1.807, 2.05) is 86.8 Å². The molecule has 204 valence electrons. The number of hydrogen-bond donors (Lipinski definition) is 4. The zero-order valence-electron chi connectivity index (χ0n) is 21.9. The van der Waals surface area contributed by atoms with Crippen molar-refractivity contribution in [2.75, 3.05) is 6.61 Å². The van der Waals surface area contributed by atoms with E-state index in [0.29, 0.717) is 4.88 Å². The molecule has 1 aliphatic heterocycles. The Kier molecular flexibility index (Phi) is 7.12. The summed E-state index contributed by atoms with van der Waals surface area (Å²) in [6, 6.07) is 22.8. The number of nitrogens with zero attached hydrogens (tertiary/aromatic N) is 1. The third kappa shape index (κ3) is 4.02. The molecule has 0 bridgehead atoms. The summed E-state index contributed by atoms with van der Waals surface area (Å²) in [4.78, 5) is 29.9. The number of ether oxygens (including phenoxy) is 1. The molecule has 0 radical (unpaired) electrons. The quantitative estimate of drug-likeness (QED) is 0.264. The third-order valence-electron chi connectivity index (χ3n) is 7.78. The number of rotatable bonds is 6. The predicted molar refractivity (Wildman–Crippen MR) is 154 cm³/mol. The van der Waals surface area contributed by atoms with Gasteiger partial charge in [-0.1, -0.05) is 87.5 Å². The third-order valence-corrected chi connectivity index (χ3v) is 15.1. The molecule has 10 heteroatoms. The van der Waals surface area contributed by atoms with Gasteiger partial charge in [-0.3, -0.25) is 14.3 Å². The van der Waals surface area contributed by atoms with E-state index in [1.165, 1.54) is 22.1 Å². The van der Waals surface area contributed by atoms with Gasteiger partial charge in [-0.15, -0.1) is 11.3 Å². The van der Waals surface area contributed by atoms with Crippen molar-refractivity contribution in [1.29, 1.82) is 0 Å². The molecule has 4 aromatic rings. The minimum atomic E-state index is -3.63. The fraction of sp³-hybridized carbons (Fsp3) is 0.310. The molecule has 39 heavy (non-hydrogen) atoms. The van der Waals surface area contributed by atoms with Crippen molar-refractivity contribution in [3.05, 3.63) is 105 Å². The molecule has 3 heterocycles. The maximum absolute atomic E-state index is 13.8. The number of hydrogen-bond acceptors (Lipinski definition) is 7. The van der Waals surface area contributed by atoms with Crippen molar-refractivity contribution < 1.29 is 20.1 Å². The number of aliphatic hydroxyl groups is 3. The summed E-state index contributed by atoms with van der Waals surface area (Å²) in [5.74, 6) is 0. The van der Waals surface area contributed by atoms with Gasteiger partial charge in [0.2, 0.25) is 0 Å². The number of aromatic amines is 1. The van der Waals surface area contributed by atoms with Crippen LogP contribution in [-0.4, -0.2) is 57.9 Å². The molecule has 2 aromatic heterocycles. The van der Waals surface area contributed by atoms with Crippen LogP contribution in [0.1, 0.15) is 20.8 Å². The average molecular weight is 565 g/mol. The molecule has 8 nitrogen and oxygen atoms in total. The Labute approximate surface area is 230 Å². The molecule has 0 saturated carbocycles. The zero-order valence-corrected chi connectivity index (χ0v) is 23.8. The van der Waals surface area contributed by atoms with Gasteiger partial charge < -0.3 is 20.1 Å². The summed E-state index contributed by atoms with van der Waals surface area (Å²) in [6.45, 7) is 5.53. The highest BCUT2D eigenvalue weighted by atomic mass is 32.1. The summed E-state index contributed by atoms with van der Waals surface area (Å²) >= 11 is 1.34. The standard InChI is InChI=1S/C29H32N2O6SSi/c1-28(2,3)39(19-11-6-4-7-12-19,20-13-8-5-9-14-20)29(25(34)24(33)22(18-32)37-29)31-17-21(23-15-10-16-38-23)26(35)30-27(31)36/h4-17,22,24-25,32-34H,18H2,1-3H3,(H,30,35,36)/t22-,24-,25-,29+/m1/s1. The fourth-order valence-corrected chi connectivity index (χ4v) is 13.9. The lowest BCUT2D eigenvalue weighted by Crippen LogP contribution is -2.82. The lowest BCUT2D eigenvalue weighted by Gasteiger charge is -2.55. The Morgan fingerprint density at radius 2 is 1.56 bits per heavy atom. The second-order valence-corrected chi connectivity index (χ2v) is 16.7. The molecule has 1 fully saturated rings. The molecule has 5 rings (SSSR count). The fourth-order valence-electron chi connectivity index (χ4n) is 6.33. The average Bonchev–Trinajstić information content (AvgIpc) is 3.53. The molecular formula is C29H32N2O6SSi. The minimum Gasteiger partial charge on any atom is -0.394 e. The summed E-state index contributed by atoms with van der Waals surface area (Å²) < 4.78 is 7.93. The Bertz CT molecular complexity index is 1510. The highest BCUT2D eigenvalue weighted by Gasteiger charge is 2.72. The maximum Gasteiger partial charge on any atom is 0.330 e. The number of H-pyrrole nitrogens is 1. The zero-order chi connectivity index (χ0) is 28.0. The molecule has 0 unspecified atom stereocenters. The van der Waals surface area contributed by atoms with E-state index in [-0.39, 0.29) is 5.56 Å². The number of aliphatic hydroxyl groups excluding tert-OH is 3. The van der Waals surface area contributed by atoms with Gasteiger partial charge in [0.15, 0.2) is 13.4 Å². The van der Waals surface area contributed by atoms with Crippen LogP contribution >= 0.6 is 11.3 Å². The van der Waals surface area contributed by atoms with E-state index in [0.717, 1.165) is 10.4 Å². The van der Waals surface area contributed by atoms with Crippen LogP contribution in [0.3, 0.4) is 0 Å². The van der Waals surface area contributed by atoms with Crippen LogP contribution in [0, 0.1) is 0 Å². The van der Waals surface area contributed by atoms with Gasteiger partial charge in [-0.2, -0.15) is 0 Å². The number of benzene rings is 2. The van der Waals surface area contributed by atoms with E-state index in [4.69, 9.17) is 4.74 Å². The van der Waals surface area contributed by atoms with E-state index in [2.05, 4.69) is 4.98 Å². The first-order chi connectivity index (χ1) is 18.6. The predicted octanol–water partition coefficient (Wildman–Crippen LogP) is 1.63. The molecular weight excluding hydrogens is 532 g/mol. The number of thiophene rings is 1. The lowest BCUT2D eigenvalue weighted by atomic mass is 10.1. The van der Waals surface area contributed by atoms with Crippen molar-refractivity contribution >= 4 is 29.8 Å². The summed E-state index contributed by atoms with van der Waals surface area (Å²) in [7, 11) is -3.63. The number of aromatic nitrogens is 2. The van der Waals surface area contributed by atoms with Gasteiger partial charge in [0.25, 0.3) is 5.56 Å². The van der Waals surface area contributed by atoms with Crippen molar-refractivity contribution in [3.8, 4) is 10.4 Å². The van der Waals surface area contributed by atoms with Crippen LogP contribution in [0.5, 0.6) is 0 Å². The van der Waals surface area contributed by atoms with Crippen molar-refractivity contribution in [2.24, 2.45) is 0 Å². The van der Waals surface area contributed by atoms with E-state index >= 15 is 0 Å².